The zero-order valence-electron chi connectivity index (χ0n) is 18.6. The van der Waals surface area contributed by atoms with Crippen LogP contribution in [0.3, 0.4) is 0 Å². The fourth-order valence-electron chi connectivity index (χ4n) is 4.47. The molecule has 0 aliphatic carbocycles. The Morgan fingerprint density at radius 1 is 1.36 bits per heavy atom. The SMILES string of the molecule is C=Cc1nc(Cl)ccc1NC(C)c1cc(F)cc2c1N=C1C(CCC(C)(F)F)CCN1C2=C. The molecule has 1 saturated heterocycles. The Labute approximate surface area is 196 Å². The molecule has 2 unspecified atom stereocenters. The molecule has 2 aliphatic rings. The maximum Gasteiger partial charge on any atom is 0.245 e. The second kappa shape index (κ2) is 8.86. The van der Waals surface area contributed by atoms with Crippen LogP contribution in [0.15, 0.2) is 42.4 Å². The summed E-state index contributed by atoms with van der Waals surface area (Å²) in [6, 6.07) is 6.00. The van der Waals surface area contributed by atoms with E-state index in [9.17, 15) is 13.2 Å². The number of nitrogens with one attached hydrogen (secondary N) is 1. The van der Waals surface area contributed by atoms with Crippen molar-refractivity contribution in [3.05, 3.63) is 65.2 Å². The van der Waals surface area contributed by atoms with Gasteiger partial charge in [0.25, 0.3) is 0 Å². The lowest BCUT2D eigenvalue weighted by molar-refractivity contribution is 0.00883. The van der Waals surface area contributed by atoms with Gasteiger partial charge in [0.15, 0.2) is 0 Å². The van der Waals surface area contributed by atoms with Gasteiger partial charge in [-0.25, -0.2) is 23.1 Å². The minimum Gasteiger partial charge on any atom is -0.377 e. The Kier molecular flexibility index (Phi) is 6.27. The first kappa shape index (κ1) is 23.4. The zero-order valence-corrected chi connectivity index (χ0v) is 19.4. The number of hydrogen-bond donors (Lipinski definition) is 1. The summed E-state index contributed by atoms with van der Waals surface area (Å²) in [5, 5.41) is 3.69. The largest absolute Gasteiger partial charge is 0.377 e. The monoisotopic (exact) mass is 474 g/mol. The van der Waals surface area contributed by atoms with E-state index in [0.29, 0.717) is 58.4 Å². The summed E-state index contributed by atoms with van der Waals surface area (Å²) in [7, 11) is 0. The molecule has 1 aromatic heterocycles. The van der Waals surface area contributed by atoms with Crippen molar-refractivity contribution in [1.82, 2.24) is 9.88 Å². The van der Waals surface area contributed by atoms with Crippen LogP contribution in [-0.4, -0.2) is 28.2 Å². The van der Waals surface area contributed by atoms with Crippen molar-refractivity contribution in [2.45, 2.75) is 45.1 Å². The zero-order chi connectivity index (χ0) is 23.9. The van der Waals surface area contributed by atoms with Gasteiger partial charge in [-0.1, -0.05) is 24.8 Å². The quantitative estimate of drug-likeness (QED) is 0.423. The summed E-state index contributed by atoms with van der Waals surface area (Å²) < 4.78 is 41.6. The summed E-state index contributed by atoms with van der Waals surface area (Å²) in [6.07, 6.45) is 2.44. The molecule has 2 atom stereocenters. The number of rotatable bonds is 7. The highest BCUT2D eigenvalue weighted by atomic mass is 35.5. The predicted octanol–water partition coefficient (Wildman–Crippen LogP) is 7.46. The first-order valence-corrected chi connectivity index (χ1v) is 11.3. The normalized spacial score (nSPS) is 18.5. The number of hydrogen-bond acceptors (Lipinski definition) is 4. The maximum absolute atomic E-state index is 14.6. The highest BCUT2D eigenvalue weighted by Gasteiger charge is 2.37. The molecular weight excluding hydrogens is 449 g/mol. The van der Waals surface area contributed by atoms with Crippen LogP contribution in [0.2, 0.25) is 5.15 Å². The smallest absolute Gasteiger partial charge is 0.245 e. The molecule has 8 heteroatoms. The van der Waals surface area contributed by atoms with Crippen molar-refractivity contribution >= 4 is 40.6 Å². The van der Waals surface area contributed by atoms with Crippen LogP contribution >= 0.6 is 11.6 Å². The molecule has 0 radical (unpaired) electrons. The van der Waals surface area contributed by atoms with Crippen LogP contribution in [-0.2, 0) is 0 Å². The van der Waals surface area contributed by atoms with Crippen molar-refractivity contribution in [2.24, 2.45) is 10.9 Å². The third-order valence-electron chi connectivity index (χ3n) is 6.16. The van der Waals surface area contributed by atoms with Crippen LogP contribution in [0.25, 0.3) is 11.8 Å². The minimum absolute atomic E-state index is 0.0882. The molecule has 33 heavy (non-hydrogen) atoms. The van der Waals surface area contributed by atoms with Gasteiger partial charge >= 0.3 is 0 Å². The van der Waals surface area contributed by atoms with Gasteiger partial charge in [0, 0.05) is 35.7 Å². The van der Waals surface area contributed by atoms with Gasteiger partial charge in [-0.05, 0) is 57.0 Å². The molecule has 174 valence electrons. The highest BCUT2D eigenvalue weighted by Crippen LogP contribution is 2.44. The number of aromatic nitrogens is 1. The van der Waals surface area contributed by atoms with E-state index >= 15 is 0 Å². The second-order valence-electron chi connectivity index (χ2n) is 8.69. The molecule has 4 nitrogen and oxygen atoms in total. The molecule has 1 N–H and O–H groups in total. The molecule has 2 aliphatic heterocycles. The third-order valence-corrected chi connectivity index (χ3v) is 6.38. The standard InChI is InChI=1S/C25H26ClF3N4/c1-5-20-21(6-7-22(26)31-20)30-14(2)18-12-17(27)13-19-15(3)33-11-9-16(8-10-25(4,28)29)24(33)32-23(18)19/h5-7,12-14,16,30H,1,3,8-11H2,2,4H3. The number of pyridine rings is 1. The topological polar surface area (TPSA) is 40.5 Å². The Bertz CT molecular complexity index is 1140. The maximum atomic E-state index is 14.6. The summed E-state index contributed by atoms with van der Waals surface area (Å²) in [5.41, 5.74) is 3.81. The van der Waals surface area contributed by atoms with Crippen LogP contribution in [0.4, 0.5) is 24.5 Å². The average Bonchev–Trinajstić information content (AvgIpc) is 3.16. The number of aliphatic imine (C=N–C) groups is 1. The molecule has 0 spiro atoms. The van der Waals surface area contributed by atoms with E-state index < -0.39 is 11.7 Å². The Morgan fingerprint density at radius 2 is 2.12 bits per heavy atom. The van der Waals surface area contributed by atoms with E-state index in [0.717, 1.165) is 12.8 Å². The Hall–Kier alpha value is -2.80. The first-order chi connectivity index (χ1) is 15.6. The fraction of sp³-hybridized carbons (Fsp3) is 0.360. The highest BCUT2D eigenvalue weighted by molar-refractivity contribution is 6.29. The fourth-order valence-corrected chi connectivity index (χ4v) is 4.62. The van der Waals surface area contributed by atoms with Crippen LogP contribution in [0.1, 0.15) is 56.0 Å². The number of anilines is 1. The number of benzene rings is 1. The number of fused-ring (bicyclic) bond motifs is 2. The first-order valence-electron chi connectivity index (χ1n) is 10.9. The van der Waals surface area contributed by atoms with E-state index in [2.05, 4.69) is 23.5 Å². The van der Waals surface area contributed by atoms with Gasteiger partial charge in [-0.2, -0.15) is 0 Å². The summed E-state index contributed by atoms with van der Waals surface area (Å²) in [4.78, 5) is 11.1. The van der Waals surface area contributed by atoms with Gasteiger partial charge in [0.2, 0.25) is 5.92 Å². The predicted molar refractivity (Wildman–Crippen MR) is 129 cm³/mol. The lowest BCUT2D eigenvalue weighted by Gasteiger charge is -2.31. The van der Waals surface area contributed by atoms with E-state index in [1.807, 2.05) is 11.8 Å². The number of amidine groups is 1. The van der Waals surface area contributed by atoms with Gasteiger partial charge in [-0.3, -0.25) is 0 Å². The molecule has 1 fully saturated rings. The molecule has 2 aromatic rings. The molecule has 0 amide bonds. The lowest BCUT2D eigenvalue weighted by atomic mass is 9.95. The van der Waals surface area contributed by atoms with Crippen molar-refractivity contribution < 1.29 is 13.2 Å². The summed E-state index contributed by atoms with van der Waals surface area (Å²) in [6.45, 7) is 11.4. The van der Waals surface area contributed by atoms with E-state index in [1.165, 1.54) is 12.1 Å². The van der Waals surface area contributed by atoms with Crippen molar-refractivity contribution in [3.63, 3.8) is 0 Å². The van der Waals surface area contributed by atoms with Crippen molar-refractivity contribution in [1.29, 1.82) is 0 Å². The van der Waals surface area contributed by atoms with Crippen LogP contribution in [0.5, 0.6) is 0 Å². The van der Waals surface area contributed by atoms with Gasteiger partial charge in [-0.15, -0.1) is 0 Å². The summed E-state index contributed by atoms with van der Waals surface area (Å²) in [5.74, 6) is -2.47. The van der Waals surface area contributed by atoms with Crippen molar-refractivity contribution in [2.75, 3.05) is 11.9 Å². The molecule has 3 heterocycles. The summed E-state index contributed by atoms with van der Waals surface area (Å²) >= 11 is 5.98. The number of nitrogens with zero attached hydrogens (tertiary/aromatic N) is 3. The molecular formula is C25H26ClF3N4. The van der Waals surface area contributed by atoms with Crippen molar-refractivity contribution in [3.8, 4) is 0 Å². The average molecular weight is 475 g/mol. The van der Waals surface area contributed by atoms with E-state index in [1.54, 1.807) is 18.2 Å². The van der Waals surface area contributed by atoms with Gasteiger partial charge < -0.3 is 10.2 Å². The van der Waals surface area contributed by atoms with Gasteiger partial charge in [0.1, 0.15) is 16.8 Å². The molecule has 1 aromatic carbocycles. The van der Waals surface area contributed by atoms with Crippen LogP contribution < -0.4 is 5.32 Å². The molecule has 0 bridgehead atoms. The van der Waals surface area contributed by atoms with E-state index in [4.69, 9.17) is 16.6 Å². The lowest BCUT2D eigenvalue weighted by Crippen LogP contribution is -2.29. The minimum atomic E-state index is -2.72. The Balaban J connectivity index is 1.71. The number of halogens is 4. The second-order valence-corrected chi connectivity index (χ2v) is 9.08. The van der Waals surface area contributed by atoms with Gasteiger partial charge in [0.05, 0.1) is 23.1 Å². The Morgan fingerprint density at radius 3 is 2.82 bits per heavy atom. The molecule has 0 saturated carbocycles. The van der Waals surface area contributed by atoms with Crippen LogP contribution in [0, 0.1) is 11.7 Å². The molecule has 4 rings (SSSR count). The number of alkyl halides is 2. The van der Waals surface area contributed by atoms with E-state index in [-0.39, 0.29) is 18.4 Å². The third kappa shape index (κ3) is 4.78.